The van der Waals surface area contributed by atoms with Gasteiger partial charge in [0.05, 0.1) is 13.2 Å². The third kappa shape index (κ3) is 9.04. The van der Waals surface area contributed by atoms with Gasteiger partial charge in [0.1, 0.15) is 6.10 Å². The summed E-state index contributed by atoms with van der Waals surface area (Å²) >= 11 is 0. The van der Waals surface area contributed by atoms with E-state index in [4.69, 9.17) is 14.6 Å². The van der Waals surface area contributed by atoms with Gasteiger partial charge in [0.2, 0.25) is 0 Å². The molecule has 1 N–H and O–H groups in total. The first-order valence-corrected chi connectivity index (χ1v) is 4.16. The highest BCUT2D eigenvalue weighted by Gasteiger charge is 2.21. The van der Waals surface area contributed by atoms with Gasteiger partial charge in [-0.2, -0.15) is 0 Å². The first kappa shape index (κ1) is 12.1. The van der Waals surface area contributed by atoms with Gasteiger partial charge in [0, 0.05) is 12.2 Å². The second-order valence-corrected chi connectivity index (χ2v) is 2.70. The molecule has 1 aliphatic heterocycles. The SMILES string of the molecule is C=C(C)C(=O)O.CCOCC1CO1. The molecule has 1 rings (SSSR count). The van der Waals surface area contributed by atoms with Crippen molar-refractivity contribution in [2.75, 3.05) is 19.8 Å². The number of carboxylic acids is 1. The van der Waals surface area contributed by atoms with Crippen molar-refractivity contribution in [3.05, 3.63) is 12.2 Å². The third-order valence-electron chi connectivity index (χ3n) is 1.28. The van der Waals surface area contributed by atoms with Crippen LogP contribution in [0.4, 0.5) is 0 Å². The Balaban J connectivity index is 0.000000226. The van der Waals surface area contributed by atoms with Crippen molar-refractivity contribution in [3.63, 3.8) is 0 Å². The van der Waals surface area contributed by atoms with E-state index in [1.807, 2.05) is 6.92 Å². The Hall–Kier alpha value is -0.870. The van der Waals surface area contributed by atoms with Gasteiger partial charge < -0.3 is 14.6 Å². The number of hydrogen-bond acceptors (Lipinski definition) is 3. The summed E-state index contributed by atoms with van der Waals surface area (Å²) in [6.45, 7) is 9.09. The molecule has 0 aromatic rings. The van der Waals surface area contributed by atoms with Crippen molar-refractivity contribution in [1.29, 1.82) is 0 Å². The Morgan fingerprint density at radius 1 is 1.77 bits per heavy atom. The number of hydrogen-bond donors (Lipinski definition) is 1. The molecule has 76 valence electrons. The summed E-state index contributed by atoms with van der Waals surface area (Å²) in [5, 5.41) is 7.89. The van der Waals surface area contributed by atoms with Crippen LogP contribution >= 0.6 is 0 Å². The lowest BCUT2D eigenvalue weighted by Crippen LogP contribution is -1.99. The van der Waals surface area contributed by atoms with Crippen molar-refractivity contribution in [3.8, 4) is 0 Å². The van der Waals surface area contributed by atoms with Crippen LogP contribution in [-0.2, 0) is 14.3 Å². The predicted octanol–water partition coefficient (Wildman–Crippen LogP) is 1.07. The molecule has 0 radical (unpaired) electrons. The molecule has 13 heavy (non-hydrogen) atoms. The van der Waals surface area contributed by atoms with E-state index in [-0.39, 0.29) is 5.57 Å². The first-order valence-electron chi connectivity index (χ1n) is 4.16. The quantitative estimate of drug-likeness (QED) is 0.529. The second-order valence-electron chi connectivity index (χ2n) is 2.70. The maximum absolute atomic E-state index is 9.60. The molecule has 1 fully saturated rings. The largest absolute Gasteiger partial charge is 0.478 e. The Morgan fingerprint density at radius 3 is 2.46 bits per heavy atom. The van der Waals surface area contributed by atoms with Gasteiger partial charge in [-0.3, -0.25) is 0 Å². The first-order chi connectivity index (χ1) is 6.07. The summed E-state index contributed by atoms with van der Waals surface area (Å²) < 4.78 is 9.92. The van der Waals surface area contributed by atoms with Gasteiger partial charge >= 0.3 is 5.97 Å². The highest BCUT2D eigenvalue weighted by atomic mass is 16.6. The van der Waals surface area contributed by atoms with Crippen molar-refractivity contribution in [2.24, 2.45) is 0 Å². The molecular weight excluding hydrogens is 172 g/mol. The second kappa shape index (κ2) is 6.62. The van der Waals surface area contributed by atoms with Crippen LogP contribution in [0.25, 0.3) is 0 Å². The van der Waals surface area contributed by atoms with E-state index < -0.39 is 5.97 Å². The van der Waals surface area contributed by atoms with Crippen molar-refractivity contribution >= 4 is 5.97 Å². The zero-order chi connectivity index (χ0) is 10.3. The molecular formula is C9H16O4. The number of carboxylic acid groups (broad SMARTS) is 1. The molecule has 1 heterocycles. The Kier molecular flexibility index (Phi) is 6.18. The van der Waals surface area contributed by atoms with E-state index in [2.05, 4.69) is 6.58 Å². The Labute approximate surface area is 78.2 Å². The predicted molar refractivity (Wildman–Crippen MR) is 48.7 cm³/mol. The van der Waals surface area contributed by atoms with Gasteiger partial charge in [0.25, 0.3) is 0 Å². The van der Waals surface area contributed by atoms with E-state index >= 15 is 0 Å². The molecule has 0 aromatic heterocycles. The molecule has 4 heteroatoms. The number of epoxide rings is 1. The van der Waals surface area contributed by atoms with Crippen molar-refractivity contribution in [2.45, 2.75) is 20.0 Å². The van der Waals surface area contributed by atoms with Crippen LogP contribution < -0.4 is 0 Å². The third-order valence-corrected chi connectivity index (χ3v) is 1.28. The highest BCUT2D eigenvalue weighted by Crippen LogP contribution is 2.07. The lowest BCUT2D eigenvalue weighted by Gasteiger charge is -1.91. The van der Waals surface area contributed by atoms with Crippen molar-refractivity contribution in [1.82, 2.24) is 0 Å². The zero-order valence-corrected chi connectivity index (χ0v) is 8.08. The fraction of sp³-hybridized carbons (Fsp3) is 0.667. The zero-order valence-electron chi connectivity index (χ0n) is 8.08. The van der Waals surface area contributed by atoms with Crippen LogP contribution in [0.5, 0.6) is 0 Å². The van der Waals surface area contributed by atoms with E-state index in [1.54, 1.807) is 0 Å². The van der Waals surface area contributed by atoms with E-state index in [1.165, 1.54) is 6.92 Å². The van der Waals surface area contributed by atoms with E-state index in [9.17, 15) is 4.79 Å². The fourth-order valence-corrected chi connectivity index (χ4v) is 0.414. The smallest absolute Gasteiger partial charge is 0.330 e. The molecule has 1 aliphatic rings. The van der Waals surface area contributed by atoms with Crippen LogP contribution in [0.15, 0.2) is 12.2 Å². The number of ether oxygens (including phenoxy) is 2. The molecule has 0 amide bonds. The number of rotatable bonds is 4. The highest BCUT2D eigenvalue weighted by molar-refractivity contribution is 5.84. The summed E-state index contributed by atoms with van der Waals surface area (Å²) in [5.41, 5.74) is 0.176. The molecule has 0 spiro atoms. The maximum Gasteiger partial charge on any atom is 0.330 e. The van der Waals surface area contributed by atoms with E-state index in [0.717, 1.165) is 19.8 Å². The van der Waals surface area contributed by atoms with Gasteiger partial charge in [0.15, 0.2) is 0 Å². The summed E-state index contributed by atoms with van der Waals surface area (Å²) in [4.78, 5) is 9.60. The Bertz CT molecular complexity index is 160. The summed E-state index contributed by atoms with van der Waals surface area (Å²) in [7, 11) is 0. The monoisotopic (exact) mass is 188 g/mol. The lowest BCUT2D eigenvalue weighted by molar-refractivity contribution is -0.132. The molecule has 0 aromatic carbocycles. The fourth-order valence-electron chi connectivity index (χ4n) is 0.414. The molecule has 0 aliphatic carbocycles. The average Bonchev–Trinajstić information content (AvgIpc) is 2.85. The summed E-state index contributed by atoms with van der Waals surface area (Å²) in [5.74, 6) is -0.935. The lowest BCUT2D eigenvalue weighted by atomic mass is 10.4. The summed E-state index contributed by atoms with van der Waals surface area (Å²) in [6, 6.07) is 0. The molecule has 0 bridgehead atoms. The molecule has 0 saturated carbocycles. The average molecular weight is 188 g/mol. The minimum absolute atomic E-state index is 0.176. The van der Waals surface area contributed by atoms with Gasteiger partial charge in [-0.15, -0.1) is 0 Å². The van der Waals surface area contributed by atoms with E-state index in [0.29, 0.717) is 6.10 Å². The topological polar surface area (TPSA) is 59.1 Å². The van der Waals surface area contributed by atoms with Crippen LogP contribution in [0.2, 0.25) is 0 Å². The maximum atomic E-state index is 9.60. The van der Waals surface area contributed by atoms with Gasteiger partial charge in [-0.1, -0.05) is 6.58 Å². The summed E-state index contributed by atoms with van der Waals surface area (Å²) in [6.07, 6.45) is 0.431. The molecule has 1 atom stereocenters. The normalized spacial score (nSPS) is 18.5. The number of carbonyl (C=O) groups is 1. The van der Waals surface area contributed by atoms with Crippen LogP contribution in [0, 0.1) is 0 Å². The molecule has 1 unspecified atom stereocenters. The van der Waals surface area contributed by atoms with Gasteiger partial charge in [-0.05, 0) is 13.8 Å². The van der Waals surface area contributed by atoms with Crippen LogP contribution in [0.3, 0.4) is 0 Å². The van der Waals surface area contributed by atoms with Gasteiger partial charge in [-0.25, -0.2) is 4.79 Å². The minimum Gasteiger partial charge on any atom is -0.478 e. The van der Waals surface area contributed by atoms with Crippen LogP contribution in [-0.4, -0.2) is 37.0 Å². The number of aliphatic carboxylic acids is 1. The van der Waals surface area contributed by atoms with Crippen LogP contribution in [0.1, 0.15) is 13.8 Å². The minimum atomic E-state index is -0.935. The molecule has 1 saturated heterocycles. The standard InChI is InChI=1S/C5H10O2.C4H6O2/c1-2-6-3-5-4-7-5;1-3(2)4(5)6/h5H,2-4H2,1H3;1H2,2H3,(H,5,6). The molecule has 4 nitrogen and oxygen atoms in total. The Morgan fingerprint density at radius 2 is 2.23 bits per heavy atom. The van der Waals surface area contributed by atoms with Crippen molar-refractivity contribution < 1.29 is 19.4 Å².